The molecule has 1 fully saturated rings. The van der Waals surface area contributed by atoms with Crippen LogP contribution >= 0.6 is 0 Å². The first-order valence-electron chi connectivity index (χ1n) is 7.76. The van der Waals surface area contributed by atoms with E-state index in [0.717, 1.165) is 19.4 Å². The van der Waals surface area contributed by atoms with E-state index in [1.165, 1.54) is 6.26 Å². The Morgan fingerprint density at radius 1 is 1.55 bits per heavy atom. The molecule has 0 bridgehead atoms. The zero-order chi connectivity index (χ0) is 16.1. The molecule has 7 nitrogen and oxygen atoms in total. The van der Waals surface area contributed by atoms with Crippen LogP contribution in [0.5, 0.6) is 0 Å². The molecule has 2 rings (SSSR count). The molecular weight excluding hydrogens is 284 g/mol. The maximum atomic E-state index is 12.0. The van der Waals surface area contributed by atoms with Crippen molar-refractivity contribution in [2.75, 3.05) is 19.6 Å². The highest BCUT2D eigenvalue weighted by Crippen LogP contribution is 2.17. The molecule has 1 atom stereocenters. The largest absolute Gasteiger partial charge is 0.446 e. The molecule has 0 aromatic carbocycles. The van der Waals surface area contributed by atoms with E-state index >= 15 is 0 Å². The molecular formula is C15H24N4O3. The lowest BCUT2D eigenvalue weighted by atomic mass is 10.1. The van der Waals surface area contributed by atoms with Crippen molar-refractivity contribution in [3.05, 3.63) is 17.8 Å². The van der Waals surface area contributed by atoms with E-state index in [0.29, 0.717) is 25.4 Å². The SMILES string of the molecule is CC(C)C(N)c1nc(C(=O)NCCCN2CCCC2=O)co1. The van der Waals surface area contributed by atoms with Crippen LogP contribution in [0.2, 0.25) is 0 Å². The van der Waals surface area contributed by atoms with E-state index in [-0.39, 0.29) is 29.5 Å². The van der Waals surface area contributed by atoms with E-state index in [4.69, 9.17) is 10.2 Å². The van der Waals surface area contributed by atoms with E-state index in [1.807, 2.05) is 18.7 Å². The summed E-state index contributed by atoms with van der Waals surface area (Å²) in [7, 11) is 0. The lowest BCUT2D eigenvalue weighted by Gasteiger charge is -2.14. The molecule has 1 aliphatic heterocycles. The maximum absolute atomic E-state index is 12.0. The van der Waals surface area contributed by atoms with Crippen LogP contribution in [0.25, 0.3) is 0 Å². The number of hydrogen-bond acceptors (Lipinski definition) is 5. The van der Waals surface area contributed by atoms with Gasteiger partial charge in [-0.05, 0) is 18.8 Å². The number of hydrogen-bond donors (Lipinski definition) is 2. The molecule has 122 valence electrons. The van der Waals surface area contributed by atoms with Crippen molar-refractivity contribution >= 4 is 11.8 Å². The average molecular weight is 308 g/mol. The molecule has 7 heteroatoms. The second kappa shape index (κ2) is 7.40. The summed E-state index contributed by atoms with van der Waals surface area (Å²) in [4.78, 5) is 29.4. The summed E-state index contributed by atoms with van der Waals surface area (Å²) >= 11 is 0. The number of aromatic nitrogens is 1. The van der Waals surface area contributed by atoms with Crippen LogP contribution in [0.1, 0.15) is 55.5 Å². The summed E-state index contributed by atoms with van der Waals surface area (Å²) in [6, 6.07) is -0.317. The summed E-state index contributed by atoms with van der Waals surface area (Å²) < 4.78 is 5.26. The van der Waals surface area contributed by atoms with Gasteiger partial charge in [-0.3, -0.25) is 9.59 Å². The predicted molar refractivity (Wildman–Crippen MR) is 81.0 cm³/mol. The Morgan fingerprint density at radius 2 is 2.32 bits per heavy atom. The van der Waals surface area contributed by atoms with Gasteiger partial charge in [0.25, 0.3) is 5.91 Å². The van der Waals surface area contributed by atoms with Gasteiger partial charge in [-0.2, -0.15) is 0 Å². The Morgan fingerprint density at radius 3 is 2.95 bits per heavy atom. The van der Waals surface area contributed by atoms with Gasteiger partial charge < -0.3 is 20.4 Å². The van der Waals surface area contributed by atoms with Crippen LogP contribution < -0.4 is 11.1 Å². The number of amides is 2. The first-order valence-corrected chi connectivity index (χ1v) is 7.76. The van der Waals surface area contributed by atoms with Crippen molar-refractivity contribution in [1.82, 2.24) is 15.2 Å². The van der Waals surface area contributed by atoms with E-state index in [9.17, 15) is 9.59 Å². The summed E-state index contributed by atoms with van der Waals surface area (Å²) in [5, 5.41) is 2.78. The number of rotatable bonds is 7. The number of nitrogens with zero attached hydrogens (tertiary/aromatic N) is 2. The van der Waals surface area contributed by atoms with Gasteiger partial charge in [-0.15, -0.1) is 0 Å². The Hall–Kier alpha value is -1.89. The van der Waals surface area contributed by atoms with Gasteiger partial charge in [0.2, 0.25) is 11.8 Å². The molecule has 0 aliphatic carbocycles. The summed E-state index contributed by atoms with van der Waals surface area (Å²) in [6.45, 7) is 5.94. The van der Waals surface area contributed by atoms with E-state index < -0.39 is 0 Å². The third kappa shape index (κ3) is 4.07. The van der Waals surface area contributed by atoms with Gasteiger partial charge in [0.1, 0.15) is 6.26 Å². The molecule has 22 heavy (non-hydrogen) atoms. The molecule has 1 aliphatic rings. The second-order valence-corrected chi connectivity index (χ2v) is 5.93. The zero-order valence-electron chi connectivity index (χ0n) is 13.2. The fraction of sp³-hybridized carbons (Fsp3) is 0.667. The molecule has 0 saturated carbocycles. The Bertz CT molecular complexity index is 527. The second-order valence-electron chi connectivity index (χ2n) is 5.93. The third-order valence-electron chi connectivity index (χ3n) is 3.82. The number of carbonyl (C=O) groups is 2. The van der Waals surface area contributed by atoms with Crippen LogP contribution in [-0.2, 0) is 4.79 Å². The number of nitrogens with one attached hydrogen (secondary N) is 1. The van der Waals surface area contributed by atoms with E-state index in [1.54, 1.807) is 0 Å². The van der Waals surface area contributed by atoms with Gasteiger partial charge in [-0.25, -0.2) is 4.98 Å². The Labute approximate surface area is 130 Å². The van der Waals surface area contributed by atoms with Crippen molar-refractivity contribution in [1.29, 1.82) is 0 Å². The number of likely N-dealkylation sites (tertiary alicyclic amines) is 1. The van der Waals surface area contributed by atoms with Crippen LogP contribution in [-0.4, -0.2) is 41.3 Å². The minimum atomic E-state index is -0.317. The highest BCUT2D eigenvalue weighted by atomic mass is 16.3. The Balaban J connectivity index is 1.74. The molecule has 1 unspecified atom stereocenters. The third-order valence-corrected chi connectivity index (χ3v) is 3.82. The molecule has 2 heterocycles. The van der Waals surface area contributed by atoms with Crippen LogP contribution in [0, 0.1) is 5.92 Å². The summed E-state index contributed by atoms with van der Waals surface area (Å²) in [5.74, 6) is 0.490. The highest BCUT2D eigenvalue weighted by molar-refractivity contribution is 5.91. The lowest BCUT2D eigenvalue weighted by Crippen LogP contribution is -2.30. The topological polar surface area (TPSA) is 101 Å². The van der Waals surface area contributed by atoms with Gasteiger partial charge in [0, 0.05) is 26.1 Å². The van der Waals surface area contributed by atoms with E-state index in [2.05, 4.69) is 10.3 Å². The number of nitrogens with two attached hydrogens (primary N) is 1. The summed E-state index contributed by atoms with van der Waals surface area (Å²) in [6.07, 6.45) is 3.64. The molecule has 1 aromatic rings. The van der Waals surface area contributed by atoms with Crippen molar-refractivity contribution < 1.29 is 14.0 Å². The fourth-order valence-corrected chi connectivity index (χ4v) is 2.33. The molecule has 0 spiro atoms. The zero-order valence-corrected chi connectivity index (χ0v) is 13.2. The highest BCUT2D eigenvalue weighted by Gasteiger charge is 2.20. The molecule has 3 N–H and O–H groups in total. The first-order chi connectivity index (χ1) is 10.5. The predicted octanol–water partition coefficient (Wildman–Crippen LogP) is 1.07. The van der Waals surface area contributed by atoms with Crippen LogP contribution in [0.15, 0.2) is 10.7 Å². The molecule has 2 amide bonds. The normalized spacial score (nSPS) is 16.4. The van der Waals surface area contributed by atoms with Crippen molar-refractivity contribution in [3.63, 3.8) is 0 Å². The van der Waals surface area contributed by atoms with Gasteiger partial charge in [0.15, 0.2) is 5.69 Å². The van der Waals surface area contributed by atoms with Gasteiger partial charge >= 0.3 is 0 Å². The van der Waals surface area contributed by atoms with Gasteiger partial charge in [-0.1, -0.05) is 13.8 Å². The molecule has 1 saturated heterocycles. The smallest absolute Gasteiger partial charge is 0.273 e. The van der Waals surface area contributed by atoms with Crippen LogP contribution in [0.3, 0.4) is 0 Å². The standard InChI is InChI=1S/C15H24N4O3/c1-10(2)13(16)15-18-11(9-22-15)14(21)17-6-4-8-19-7-3-5-12(19)20/h9-10,13H,3-8,16H2,1-2H3,(H,17,21). The fourth-order valence-electron chi connectivity index (χ4n) is 2.33. The average Bonchev–Trinajstić information content (AvgIpc) is 3.12. The molecule has 0 radical (unpaired) electrons. The molecule has 1 aromatic heterocycles. The minimum Gasteiger partial charge on any atom is -0.446 e. The van der Waals surface area contributed by atoms with Crippen molar-refractivity contribution in [2.45, 2.75) is 39.2 Å². The first kappa shape index (κ1) is 16.5. The van der Waals surface area contributed by atoms with Crippen molar-refractivity contribution in [3.8, 4) is 0 Å². The van der Waals surface area contributed by atoms with Gasteiger partial charge in [0.05, 0.1) is 6.04 Å². The number of oxazole rings is 1. The summed E-state index contributed by atoms with van der Waals surface area (Å²) in [5.41, 5.74) is 6.17. The quantitative estimate of drug-likeness (QED) is 0.734. The Kier molecular flexibility index (Phi) is 5.54. The minimum absolute atomic E-state index is 0.188. The number of carbonyl (C=O) groups excluding carboxylic acids is 2. The van der Waals surface area contributed by atoms with Crippen molar-refractivity contribution in [2.24, 2.45) is 11.7 Å². The monoisotopic (exact) mass is 308 g/mol. The maximum Gasteiger partial charge on any atom is 0.273 e. The van der Waals surface area contributed by atoms with Crippen LogP contribution in [0.4, 0.5) is 0 Å². The lowest BCUT2D eigenvalue weighted by molar-refractivity contribution is -0.127.